The Kier molecular flexibility index (Phi) is 9.48. The first kappa shape index (κ1) is 16.3. The molecule has 0 saturated heterocycles. The summed E-state index contributed by atoms with van der Waals surface area (Å²) in [6.07, 6.45) is 0. The third-order valence-corrected chi connectivity index (χ3v) is 9.36. The van der Waals surface area contributed by atoms with Gasteiger partial charge in [-0.15, -0.1) is 0 Å². The fourth-order valence-electron chi connectivity index (χ4n) is 1.74. The molecule has 0 saturated carbocycles. The largest absolute Gasteiger partial charge is 0.328 e. The maximum Gasteiger partial charge on any atom is 0.181 e. The summed E-state index contributed by atoms with van der Waals surface area (Å²) < 4.78 is 0. The summed E-state index contributed by atoms with van der Waals surface area (Å²) >= 11 is 0. The van der Waals surface area contributed by atoms with E-state index in [-0.39, 0.29) is 0 Å². The summed E-state index contributed by atoms with van der Waals surface area (Å²) in [6, 6.07) is 0. The van der Waals surface area contributed by atoms with Crippen molar-refractivity contribution in [3.63, 3.8) is 0 Å². The monoisotopic (exact) mass is 260 g/mol. The Morgan fingerprint density at radius 3 is 1.62 bits per heavy atom. The van der Waals surface area contributed by atoms with E-state index in [0.29, 0.717) is 5.79 Å². The van der Waals surface area contributed by atoms with Crippen molar-refractivity contribution in [1.82, 2.24) is 20.6 Å². The van der Waals surface area contributed by atoms with Crippen LogP contribution in [0.25, 0.3) is 0 Å². The van der Waals surface area contributed by atoms with Gasteiger partial charge >= 0.3 is 0 Å². The topological polar surface area (TPSA) is 48.1 Å². The van der Waals surface area contributed by atoms with Crippen LogP contribution in [0.15, 0.2) is 0 Å². The molecule has 4 nitrogen and oxygen atoms in total. The zero-order valence-electron chi connectivity index (χ0n) is 11.4. The Labute approximate surface area is 104 Å². The first-order chi connectivity index (χ1) is 7.61. The molecule has 0 heterocycles. The molecule has 2 radical (unpaired) electrons. The van der Waals surface area contributed by atoms with E-state index < -0.39 is 7.91 Å². The van der Waals surface area contributed by atoms with E-state index in [9.17, 15) is 0 Å². The Morgan fingerprint density at radius 2 is 1.31 bits per heavy atom. The SMILES string of the molecule is CCNC(NCC)[Si][Si](C)(NCC)NCC. The summed E-state index contributed by atoms with van der Waals surface area (Å²) in [5, 5.41) is 7.02. The molecule has 0 rings (SSSR count). The highest BCUT2D eigenvalue weighted by atomic mass is 29.2. The van der Waals surface area contributed by atoms with E-state index in [1.165, 1.54) is 0 Å². The van der Waals surface area contributed by atoms with E-state index in [1.54, 1.807) is 0 Å². The predicted molar refractivity (Wildman–Crippen MR) is 75.9 cm³/mol. The van der Waals surface area contributed by atoms with Crippen LogP contribution in [-0.2, 0) is 0 Å². The van der Waals surface area contributed by atoms with Gasteiger partial charge in [0.05, 0.1) is 0 Å². The second-order valence-corrected chi connectivity index (χ2v) is 11.6. The molecule has 0 aromatic heterocycles. The zero-order chi connectivity index (χ0) is 12.4. The van der Waals surface area contributed by atoms with Gasteiger partial charge in [-0.1, -0.05) is 27.7 Å². The van der Waals surface area contributed by atoms with Crippen molar-refractivity contribution in [3.05, 3.63) is 0 Å². The first-order valence-corrected chi connectivity index (χ1v) is 10.9. The third kappa shape index (κ3) is 6.77. The molecule has 0 fully saturated rings. The van der Waals surface area contributed by atoms with Crippen molar-refractivity contribution >= 4 is 17.0 Å². The summed E-state index contributed by atoms with van der Waals surface area (Å²) in [5.41, 5.74) is 0. The van der Waals surface area contributed by atoms with Gasteiger partial charge in [0.25, 0.3) is 0 Å². The van der Waals surface area contributed by atoms with Crippen LogP contribution in [0.1, 0.15) is 27.7 Å². The maximum absolute atomic E-state index is 3.67. The Balaban J connectivity index is 4.30. The standard InChI is InChI=1S/C10H28N4Si2/c1-6-11-10(12-7-2)15-16(5,13-8-3)14-9-4/h10-14H,6-9H2,1-5H3. The highest BCUT2D eigenvalue weighted by molar-refractivity contribution is 7.22. The van der Waals surface area contributed by atoms with Gasteiger partial charge in [-0.05, 0) is 32.7 Å². The van der Waals surface area contributed by atoms with Crippen LogP contribution in [0.3, 0.4) is 0 Å². The quantitative estimate of drug-likeness (QED) is 0.329. The molecule has 6 heteroatoms. The van der Waals surface area contributed by atoms with E-state index in [1.807, 2.05) is 0 Å². The summed E-state index contributed by atoms with van der Waals surface area (Å²) in [5.74, 6) is 0.449. The fraction of sp³-hybridized carbons (Fsp3) is 1.00. The maximum atomic E-state index is 3.67. The van der Waals surface area contributed by atoms with E-state index in [2.05, 4.69) is 54.8 Å². The van der Waals surface area contributed by atoms with E-state index in [0.717, 1.165) is 35.2 Å². The highest BCUT2D eigenvalue weighted by Crippen LogP contribution is 1.93. The number of nitrogens with one attached hydrogen (secondary N) is 4. The molecular weight excluding hydrogens is 232 g/mol. The molecule has 96 valence electrons. The molecule has 0 bridgehead atoms. The molecule has 0 atom stereocenters. The summed E-state index contributed by atoms with van der Waals surface area (Å²) in [6.45, 7) is 15.2. The van der Waals surface area contributed by atoms with Crippen LogP contribution in [0.5, 0.6) is 0 Å². The van der Waals surface area contributed by atoms with E-state index >= 15 is 0 Å². The Bertz CT molecular complexity index is 157. The lowest BCUT2D eigenvalue weighted by Gasteiger charge is -2.32. The van der Waals surface area contributed by atoms with Gasteiger partial charge in [-0.3, -0.25) is 0 Å². The molecule has 16 heavy (non-hydrogen) atoms. The minimum absolute atomic E-state index is 0.449. The average molecular weight is 261 g/mol. The second-order valence-electron chi connectivity index (χ2n) is 3.88. The van der Waals surface area contributed by atoms with Crippen LogP contribution < -0.4 is 20.6 Å². The second kappa shape index (κ2) is 9.32. The lowest BCUT2D eigenvalue weighted by Crippen LogP contribution is -2.70. The van der Waals surface area contributed by atoms with Crippen molar-refractivity contribution in [2.24, 2.45) is 0 Å². The minimum Gasteiger partial charge on any atom is -0.328 e. The van der Waals surface area contributed by atoms with Crippen molar-refractivity contribution in [2.75, 3.05) is 26.2 Å². The molecule has 0 aromatic carbocycles. The Morgan fingerprint density at radius 1 is 0.875 bits per heavy atom. The first-order valence-electron chi connectivity index (χ1n) is 6.36. The third-order valence-electron chi connectivity index (χ3n) is 2.31. The normalized spacial score (nSPS) is 12.4. The molecule has 0 aliphatic rings. The van der Waals surface area contributed by atoms with Gasteiger partial charge < -0.3 is 20.6 Å². The van der Waals surface area contributed by atoms with Crippen LogP contribution in [-0.4, -0.2) is 48.9 Å². The van der Waals surface area contributed by atoms with Gasteiger partial charge in [0.15, 0.2) is 7.91 Å². The lowest BCUT2D eigenvalue weighted by molar-refractivity contribution is 0.560. The van der Waals surface area contributed by atoms with Crippen LogP contribution in [0.4, 0.5) is 0 Å². The molecule has 0 spiro atoms. The van der Waals surface area contributed by atoms with Crippen molar-refractivity contribution in [1.29, 1.82) is 0 Å². The molecule has 0 aromatic rings. The number of hydrogen-bond donors (Lipinski definition) is 4. The van der Waals surface area contributed by atoms with Crippen LogP contribution >= 0.6 is 0 Å². The molecule has 0 unspecified atom stereocenters. The van der Waals surface area contributed by atoms with Crippen LogP contribution in [0, 0.1) is 0 Å². The number of rotatable bonds is 10. The molecule has 4 N–H and O–H groups in total. The van der Waals surface area contributed by atoms with E-state index in [4.69, 9.17) is 0 Å². The molecule has 0 amide bonds. The smallest absolute Gasteiger partial charge is 0.181 e. The molecule has 0 aliphatic carbocycles. The van der Waals surface area contributed by atoms with Crippen LogP contribution in [0.2, 0.25) is 6.55 Å². The van der Waals surface area contributed by atoms with Gasteiger partial charge in [-0.25, -0.2) is 0 Å². The van der Waals surface area contributed by atoms with Gasteiger partial charge in [-0.2, -0.15) is 0 Å². The van der Waals surface area contributed by atoms with Crippen molar-refractivity contribution in [2.45, 2.75) is 40.0 Å². The zero-order valence-corrected chi connectivity index (χ0v) is 13.4. The summed E-state index contributed by atoms with van der Waals surface area (Å²) in [7, 11) is -0.595. The fourth-order valence-corrected chi connectivity index (χ4v) is 8.69. The van der Waals surface area contributed by atoms with Gasteiger partial charge in [0, 0.05) is 5.79 Å². The predicted octanol–water partition coefficient (Wildman–Crippen LogP) is -0.0191. The Hall–Kier alpha value is 0.274. The van der Waals surface area contributed by atoms with Crippen molar-refractivity contribution < 1.29 is 0 Å². The van der Waals surface area contributed by atoms with Gasteiger partial charge in [0.1, 0.15) is 9.04 Å². The minimum atomic E-state index is -1.48. The molecular formula is C10H28N4Si2. The van der Waals surface area contributed by atoms with Crippen molar-refractivity contribution in [3.8, 4) is 0 Å². The molecule has 0 aliphatic heterocycles. The highest BCUT2D eigenvalue weighted by Gasteiger charge is 2.30. The lowest BCUT2D eigenvalue weighted by atomic mass is 10.7. The number of hydrogen-bond acceptors (Lipinski definition) is 4. The van der Waals surface area contributed by atoms with Gasteiger partial charge in [0.2, 0.25) is 0 Å². The average Bonchev–Trinajstić information content (AvgIpc) is 2.18. The summed E-state index contributed by atoms with van der Waals surface area (Å²) in [4.78, 5) is 7.33.